The number of aromatic nitrogens is 4. The second-order valence-electron chi connectivity index (χ2n) is 3.10. The van der Waals surface area contributed by atoms with Crippen molar-refractivity contribution in [2.45, 2.75) is 17.0 Å². The molecule has 2 aromatic rings. The Bertz CT molecular complexity index is 503. The van der Waals surface area contributed by atoms with Crippen LogP contribution < -0.4 is 5.73 Å². The van der Waals surface area contributed by atoms with Crippen LogP contribution in [0.2, 0.25) is 0 Å². The Kier molecular flexibility index (Phi) is 2.86. The minimum absolute atomic E-state index is 0.0368. The van der Waals surface area contributed by atoms with E-state index in [1.54, 1.807) is 12.3 Å². The lowest BCUT2D eigenvalue weighted by molar-refractivity contribution is 0.968. The predicted molar refractivity (Wildman–Crippen MR) is 60.5 cm³/mol. The quantitative estimate of drug-likeness (QED) is 0.541. The second kappa shape index (κ2) is 4.31. The normalized spacial score (nSPS) is 10.3. The monoisotopic (exact) mass is 234 g/mol. The molecule has 2 rings (SSSR count). The van der Waals surface area contributed by atoms with Crippen molar-refractivity contribution in [3.8, 4) is 0 Å². The minimum atomic E-state index is -0.0368. The van der Waals surface area contributed by atoms with Crippen molar-refractivity contribution < 1.29 is 0 Å². The van der Waals surface area contributed by atoms with E-state index in [4.69, 9.17) is 11.1 Å². The minimum Gasteiger partial charge on any atom is -0.382 e. The summed E-state index contributed by atoms with van der Waals surface area (Å²) in [6, 6.07) is 3.53. The molecule has 0 spiro atoms. The Morgan fingerprint density at radius 2 is 2.31 bits per heavy atom. The number of rotatable bonds is 3. The van der Waals surface area contributed by atoms with Gasteiger partial charge in [0, 0.05) is 11.1 Å². The zero-order valence-corrected chi connectivity index (χ0v) is 9.38. The second-order valence-corrected chi connectivity index (χ2v) is 4.14. The largest absolute Gasteiger partial charge is 0.382 e. The van der Waals surface area contributed by atoms with Crippen molar-refractivity contribution in [3.63, 3.8) is 0 Å². The van der Waals surface area contributed by atoms with E-state index in [2.05, 4.69) is 20.2 Å². The zero-order valence-electron chi connectivity index (χ0n) is 8.56. The molecule has 2 aromatic heterocycles. The maximum absolute atomic E-state index is 7.21. The molecule has 0 bridgehead atoms. The van der Waals surface area contributed by atoms with Crippen LogP contribution >= 0.6 is 11.8 Å². The summed E-state index contributed by atoms with van der Waals surface area (Å²) in [7, 11) is 0. The Morgan fingerprint density at radius 1 is 1.50 bits per heavy atom. The topological polar surface area (TPSA) is 104 Å². The third-order valence-electron chi connectivity index (χ3n) is 1.80. The van der Waals surface area contributed by atoms with Gasteiger partial charge in [0.15, 0.2) is 0 Å². The summed E-state index contributed by atoms with van der Waals surface area (Å²) in [5, 5.41) is 14.6. The number of hydrogen-bond acceptors (Lipinski definition) is 5. The van der Waals surface area contributed by atoms with Gasteiger partial charge in [0.05, 0.1) is 0 Å². The highest BCUT2D eigenvalue weighted by atomic mass is 32.2. The standard InChI is InChI=1S/C9H10N6S/c1-5-13-9(15-14-5)16-6-2-3-7(8(10)11)12-4-6/h2-4H,1H3,(H3,10,11)(H,13,14,15). The molecule has 16 heavy (non-hydrogen) atoms. The maximum atomic E-state index is 7.21. The SMILES string of the molecule is Cc1nc(Sc2ccc(C(=N)N)nc2)n[nH]1. The van der Waals surface area contributed by atoms with Crippen LogP contribution in [0, 0.1) is 12.3 Å². The van der Waals surface area contributed by atoms with Gasteiger partial charge >= 0.3 is 0 Å². The van der Waals surface area contributed by atoms with Crippen LogP contribution in [0.25, 0.3) is 0 Å². The molecule has 0 aromatic carbocycles. The molecule has 0 aliphatic heterocycles. The molecule has 4 N–H and O–H groups in total. The molecule has 7 heteroatoms. The maximum Gasteiger partial charge on any atom is 0.213 e. The van der Waals surface area contributed by atoms with Crippen molar-refractivity contribution in [1.82, 2.24) is 20.2 Å². The fourth-order valence-electron chi connectivity index (χ4n) is 1.07. The first-order valence-corrected chi connectivity index (χ1v) is 5.34. The van der Waals surface area contributed by atoms with Gasteiger partial charge < -0.3 is 5.73 Å². The van der Waals surface area contributed by atoms with E-state index in [0.29, 0.717) is 10.9 Å². The molecule has 82 valence electrons. The van der Waals surface area contributed by atoms with Gasteiger partial charge in [0.25, 0.3) is 0 Å². The number of nitrogens with one attached hydrogen (secondary N) is 2. The first-order chi connectivity index (χ1) is 7.65. The smallest absolute Gasteiger partial charge is 0.213 e. The van der Waals surface area contributed by atoms with Gasteiger partial charge in [-0.1, -0.05) is 0 Å². The average Bonchev–Trinajstić information content (AvgIpc) is 2.65. The third kappa shape index (κ3) is 2.37. The van der Waals surface area contributed by atoms with Crippen LogP contribution in [0.15, 0.2) is 28.4 Å². The highest BCUT2D eigenvalue weighted by Gasteiger charge is 2.04. The highest BCUT2D eigenvalue weighted by Crippen LogP contribution is 2.23. The van der Waals surface area contributed by atoms with E-state index in [9.17, 15) is 0 Å². The summed E-state index contributed by atoms with van der Waals surface area (Å²) in [5.74, 6) is 0.737. The van der Waals surface area contributed by atoms with Crippen LogP contribution in [-0.2, 0) is 0 Å². The number of nitrogens with zero attached hydrogens (tertiary/aromatic N) is 3. The molecule has 0 amide bonds. The van der Waals surface area contributed by atoms with Crippen molar-refractivity contribution in [2.24, 2.45) is 5.73 Å². The Hall–Kier alpha value is -1.89. The number of H-pyrrole nitrogens is 1. The molecule has 0 radical (unpaired) electrons. The van der Waals surface area contributed by atoms with Gasteiger partial charge in [-0.05, 0) is 30.8 Å². The first-order valence-electron chi connectivity index (χ1n) is 4.52. The molecule has 6 nitrogen and oxygen atoms in total. The van der Waals surface area contributed by atoms with E-state index in [0.717, 1.165) is 10.7 Å². The Labute approximate surface area is 96.2 Å². The van der Waals surface area contributed by atoms with Crippen molar-refractivity contribution in [3.05, 3.63) is 29.8 Å². The van der Waals surface area contributed by atoms with E-state index in [1.807, 2.05) is 13.0 Å². The molecule has 0 aliphatic rings. The molecular formula is C9H10N6S. The predicted octanol–water partition coefficient (Wildman–Crippen LogP) is 0.943. The van der Waals surface area contributed by atoms with Gasteiger partial charge in [0.1, 0.15) is 17.4 Å². The van der Waals surface area contributed by atoms with E-state index in [1.165, 1.54) is 11.8 Å². The number of nitrogens with two attached hydrogens (primary N) is 1. The summed E-state index contributed by atoms with van der Waals surface area (Å²) in [6.45, 7) is 1.84. The number of aryl methyl sites for hydroxylation is 1. The number of aromatic amines is 1. The summed E-state index contributed by atoms with van der Waals surface area (Å²) in [6.07, 6.45) is 1.65. The van der Waals surface area contributed by atoms with Crippen molar-refractivity contribution in [2.75, 3.05) is 0 Å². The molecular weight excluding hydrogens is 224 g/mol. The number of nitrogen functional groups attached to an aromatic ring is 1. The van der Waals surface area contributed by atoms with Crippen LogP contribution in [0.5, 0.6) is 0 Å². The summed E-state index contributed by atoms with van der Waals surface area (Å²) >= 11 is 1.40. The van der Waals surface area contributed by atoms with Crippen LogP contribution in [0.3, 0.4) is 0 Å². The van der Waals surface area contributed by atoms with Gasteiger partial charge in [-0.2, -0.15) is 0 Å². The van der Waals surface area contributed by atoms with Crippen LogP contribution in [0.4, 0.5) is 0 Å². The Balaban J connectivity index is 2.14. The lowest BCUT2D eigenvalue weighted by Crippen LogP contribution is -2.12. The van der Waals surface area contributed by atoms with E-state index in [-0.39, 0.29) is 5.84 Å². The van der Waals surface area contributed by atoms with Crippen molar-refractivity contribution in [1.29, 1.82) is 5.41 Å². The molecule has 2 heterocycles. The molecule has 0 atom stereocenters. The number of amidine groups is 1. The fraction of sp³-hybridized carbons (Fsp3) is 0.111. The summed E-state index contributed by atoms with van der Waals surface area (Å²) < 4.78 is 0. The molecule has 0 aliphatic carbocycles. The summed E-state index contributed by atoms with van der Waals surface area (Å²) in [4.78, 5) is 9.12. The van der Waals surface area contributed by atoms with Crippen LogP contribution in [-0.4, -0.2) is 26.0 Å². The van der Waals surface area contributed by atoms with E-state index < -0.39 is 0 Å². The molecule has 0 saturated heterocycles. The Morgan fingerprint density at radius 3 is 2.81 bits per heavy atom. The van der Waals surface area contributed by atoms with Gasteiger partial charge in [-0.25, -0.2) is 4.98 Å². The van der Waals surface area contributed by atoms with Crippen molar-refractivity contribution >= 4 is 17.6 Å². The third-order valence-corrected chi connectivity index (χ3v) is 2.64. The van der Waals surface area contributed by atoms with Gasteiger partial charge in [0.2, 0.25) is 5.16 Å². The first kappa shape index (κ1) is 10.6. The van der Waals surface area contributed by atoms with Gasteiger partial charge in [-0.3, -0.25) is 15.5 Å². The van der Waals surface area contributed by atoms with E-state index >= 15 is 0 Å². The lowest BCUT2D eigenvalue weighted by atomic mass is 10.3. The lowest BCUT2D eigenvalue weighted by Gasteiger charge is -1.98. The van der Waals surface area contributed by atoms with Crippen LogP contribution in [0.1, 0.15) is 11.5 Å². The molecule has 0 unspecified atom stereocenters. The summed E-state index contributed by atoms with van der Waals surface area (Å²) in [5.41, 5.74) is 5.77. The highest BCUT2D eigenvalue weighted by molar-refractivity contribution is 7.99. The average molecular weight is 234 g/mol. The molecule has 0 saturated carbocycles. The molecule has 0 fully saturated rings. The zero-order chi connectivity index (χ0) is 11.5. The number of pyridine rings is 1. The fourth-order valence-corrected chi connectivity index (χ4v) is 1.80. The number of hydrogen-bond donors (Lipinski definition) is 3. The van der Waals surface area contributed by atoms with Gasteiger partial charge in [-0.15, -0.1) is 5.10 Å².